The molecule has 7 aromatic rings. The standard InChI is InChI=1S/C38H43ClN4O2.C28H40N4O2.C26H39ClN4O2/c39-33-17-16-30-24-32(15-14-31(30)25-33)37(44)40-26-34-18-23-43(38(45)36(41-34)19-22-42-20-8-3-9-21-42)27-35(28-10-4-1-5-11-28)29-12-6-2-7-13-29;1-19-13-20(2)15-21(14-19)18-32-12-10-25(31-26(9-11-29)28(32)34)17-30-27(33)24-8-7-22-5-3-4-6-23(22)16-24;1-18-13-19(2)15-21(14-18)17-31-12-10-23(30-24(9-11-28)26(31)33)16-29-25(32)8-5-20-3-6-22(27)7-4-20/h1-2,4-7,10-17,24-25,34-36,41H,3,8-9,18-23,26-27H2,(H,40,44);3-8,16,19-21,25-26,31H,9-15,17-18,29H2,1-2H3,(H,30,33);3-8,18-19,21,23-24,30H,9-17,28H2,1-2H3,(H,29,32)/b;;8-5+/t34-,36-;19?,20?,21?,25-,26-;18?,19?,21?,23-,24-/m000/s1. The van der Waals surface area contributed by atoms with E-state index in [0.717, 1.165) is 116 Å². The number of benzene rings is 7. The zero-order valence-electron chi connectivity index (χ0n) is 66.4. The van der Waals surface area contributed by atoms with Gasteiger partial charge in [0.05, 0.1) is 18.1 Å². The summed E-state index contributed by atoms with van der Waals surface area (Å²) in [7, 11) is 0. The molecule has 10 N–H and O–H groups in total. The third-order valence-corrected chi connectivity index (χ3v) is 24.2. The number of carbonyl (C=O) groups excluding carboxylic acids is 6. The Morgan fingerprint density at radius 1 is 0.464 bits per heavy atom. The van der Waals surface area contributed by atoms with Gasteiger partial charge in [-0.15, -0.1) is 0 Å². The van der Waals surface area contributed by atoms with E-state index in [9.17, 15) is 28.8 Å². The minimum absolute atomic E-state index is 0.0135. The number of hydrogen-bond acceptors (Lipinski definition) is 12. The Morgan fingerprint density at radius 3 is 1.39 bits per heavy atom. The summed E-state index contributed by atoms with van der Waals surface area (Å²) in [6.07, 6.45) is 18.8. The molecule has 4 aliphatic heterocycles. The average molecular weight is 1560 g/mol. The fraction of sp³-hybridized carbons (Fsp3) is 0.500. The van der Waals surface area contributed by atoms with E-state index in [0.29, 0.717) is 98.2 Å². The summed E-state index contributed by atoms with van der Waals surface area (Å²) in [5.74, 6) is 4.26. The molecule has 0 aromatic heterocycles. The number of nitrogens with zero attached hydrogens (tertiary/aromatic N) is 4. The Bertz CT molecular complexity index is 4150. The molecule has 0 radical (unpaired) electrons. The number of hydrogen-bond donors (Lipinski definition) is 8. The highest BCUT2D eigenvalue weighted by molar-refractivity contribution is 6.31. The third-order valence-electron chi connectivity index (χ3n) is 23.7. The van der Waals surface area contributed by atoms with E-state index >= 15 is 0 Å². The summed E-state index contributed by atoms with van der Waals surface area (Å²) in [4.78, 5) is 87.8. The minimum atomic E-state index is -0.297. The molecule has 4 saturated heterocycles. The zero-order chi connectivity index (χ0) is 78.9. The van der Waals surface area contributed by atoms with Crippen LogP contribution in [0.1, 0.15) is 167 Å². The first-order valence-electron chi connectivity index (χ1n) is 41.6. The SMILES string of the molecule is CC1CC(C)CC(CN2CC[C@@H](CNC(=O)/C=C/c3ccc(Cl)cc3)N[C@@H](CCN)C2=O)C1.CC1CC(C)CC(CN2CC[C@@H](CNC(=O)c3ccc4ccccc4c3)N[C@@H](CCN)C2=O)C1.O=C(NC[C@@H]1CCN(CC(c2ccccc2)c2ccccc2)C(=O)[C@H](CCN2CCCCC2)N1)c1ccc2cc(Cl)ccc2c1. The first-order valence-corrected chi connectivity index (χ1v) is 42.4. The molecule has 10 atom stereocenters. The van der Waals surface area contributed by atoms with Crippen molar-refractivity contribution in [3.05, 3.63) is 208 Å². The molecule has 0 spiro atoms. The van der Waals surface area contributed by atoms with Gasteiger partial charge in [0, 0.05) is 117 Å². The second-order valence-corrected chi connectivity index (χ2v) is 33.9. The number of nitrogens with two attached hydrogens (primary N) is 2. The number of rotatable bonds is 25. The molecule has 0 bridgehead atoms. The molecule has 4 heterocycles. The Balaban J connectivity index is 0.000000169. The Hall–Kier alpha value is -8.04. The molecule has 20 heteroatoms. The lowest BCUT2D eigenvalue weighted by Crippen LogP contribution is -2.50. The molecule has 4 unspecified atom stereocenters. The molecule has 6 aliphatic rings. The first-order chi connectivity index (χ1) is 54.3. The van der Waals surface area contributed by atoms with Crippen molar-refractivity contribution in [3.8, 4) is 0 Å². The Labute approximate surface area is 675 Å². The van der Waals surface area contributed by atoms with Gasteiger partial charge in [-0.05, 0) is 244 Å². The Morgan fingerprint density at radius 2 is 0.884 bits per heavy atom. The van der Waals surface area contributed by atoms with Gasteiger partial charge in [0.25, 0.3) is 11.8 Å². The maximum absolute atomic E-state index is 14.2. The molecular formula is C92H122Cl2N12O6. The number of carbonyl (C=O) groups is 6. The molecular weight excluding hydrogens is 1440 g/mol. The normalized spacial score (nSPS) is 24.8. The second-order valence-electron chi connectivity index (χ2n) is 33.1. The van der Waals surface area contributed by atoms with Gasteiger partial charge in [0.1, 0.15) is 0 Å². The Kier molecular flexibility index (Phi) is 32.5. The number of nitrogens with one attached hydrogen (secondary N) is 6. The maximum Gasteiger partial charge on any atom is 0.251 e. The summed E-state index contributed by atoms with van der Waals surface area (Å²) in [5.41, 5.74) is 16.3. The molecule has 18 nitrogen and oxygen atoms in total. The molecule has 112 heavy (non-hydrogen) atoms. The van der Waals surface area contributed by atoms with E-state index in [-0.39, 0.29) is 77.6 Å². The molecule has 2 saturated carbocycles. The van der Waals surface area contributed by atoms with E-state index in [1.165, 1.54) is 75.0 Å². The van der Waals surface area contributed by atoms with Crippen LogP contribution in [-0.2, 0) is 19.2 Å². The van der Waals surface area contributed by atoms with Crippen molar-refractivity contribution >= 4 is 86.3 Å². The largest absolute Gasteiger partial charge is 0.351 e. The zero-order valence-corrected chi connectivity index (χ0v) is 67.9. The monoisotopic (exact) mass is 1560 g/mol. The van der Waals surface area contributed by atoms with Crippen molar-refractivity contribution in [2.24, 2.45) is 47.0 Å². The van der Waals surface area contributed by atoms with Gasteiger partial charge in [-0.2, -0.15) is 0 Å². The minimum Gasteiger partial charge on any atom is -0.351 e. The van der Waals surface area contributed by atoms with E-state index in [2.05, 4.69) is 123 Å². The van der Waals surface area contributed by atoms with E-state index < -0.39 is 0 Å². The van der Waals surface area contributed by atoms with Gasteiger partial charge in [-0.3, -0.25) is 28.8 Å². The predicted octanol–water partition coefficient (Wildman–Crippen LogP) is 13.5. The fourth-order valence-corrected chi connectivity index (χ4v) is 18.5. The third kappa shape index (κ3) is 25.5. The van der Waals surface area contributed by atoms with Crippen molar-refractivity contribution in [1.82, 2.24) is 51.5 Å². The van der Waals surface area contributed by atoms with Crippen molar-refractivity contribution < 1.29 is 28.8 Å². The molecule has 13 rings (SSSR count). The van der Waals surface area contributed by atoms with E-state index in [4.69, 9.17) is 34.7 Å². The van der Waals surface area contributed by atoms with Gasteiger partial charge >= 0.3 is 0 Å². The maximum atomic E-state index is 14.2. The highest BCUT2D eigenvalue weighted by atomic mass is 35.5. The van der Waals surface area contributed by atoms with Crippen molar-refractivity contribution in [3.63, 3.8) is 0 Å². The van der Waals surface area contributed by atoms with Gasteiger partial charge < -0.3 is 63.0 Å². The van der Waals surface area contributed by atoms with Gasteiger partial charge in [0.15, 0.2) is 0 Å². The van der Waals surface area contributed by atoms with Crippen molar-refractivity contribution in [1.29, 1.82) is 0 Å². The molecule has 7 aromatic carbocycles. The van der Waals surface area contributed by atoms with Crippen LogP contribution in [0.5, 0.6) is 0 Å². The van der Waals surface area contributed by atoms with E-state index in [1.807, 2.05) is 108 Å². The number of piperidine rings is 1. The second kappa shape index (κ2) is 42.9. The number of fused-ring (bicyclic) bond motifs is 2. The predicted molar refractivity (Wildman–Crippen MR) is 455 cm³/mol. The van der Waals surface area contributed by atoms with Crippen molar-refractivity contribution in [2.45, 2.75) is 166 Å². The van der Waals surface area contributed by atoms with Gasteiger partial charge in [-0.25, -0.2) is 0 Å². The molecule has 600 valence electrons. The summed E-state index contributed by atoms with van der Waals surface area (Å²) < 4.78 is 0. The topological polar surface area (TPSA) is 240 Å². The summed E-state index contributed by atoms with van der Waals surface area (Å²) in [5, 5.41) is 25.4. The van der Waals surface area contributed by atoms with Crippen molar-refractivity contribution in [2.75, 3.05) is 91.6 Å². The molecule has 6 fully saturated rings. The van der Waals surface area contributed by atoms with Crippen LogP contribution in [0, 0.1) is 35.5 Å². The highest BCUT2D eigenvalue weighted by Gasteiger charge is 2.37. The quantitative estimate of drug-likeness (QED) is 0.0249. The number of halogens is 2. The lowest BCUT2D eigenvalue weighted by Gasteiger charge is -2.35. The van der Waals surface area contributed by atoms with Crippen LogP contribution in [0.3, 0.4) is 0 Å². The number of amides is 6. The van der Waals surface area contributed by atoms with E-state index in [1.54, 1.807) is 18.2 Å². The molecule has 6 amide bonds. The smallest absolute Gasteiger partial charge is 0.251 e. The van der Waals surface area contributed by atoms with Gasteiger partial charge in [0.2, 0.25) is 23.6 Å². The van der Waals surface area contributed by atoms with Crippen LogP contribution < -0.4 is 43.4 Å². The summed E-state index contributed by atoms with van der Waals surface area (Å²) in [6, 6.07) is 52.7. The first kappa shape index (κ1) is 84.9. The molecule has 2 aliphatic carbocycles. The lowest BCUT2D eigenvalue weighted by molar-refractivity contribution is -0.134. The lowest BCUT2D eigenvalue weighted by atomic mass is 9.76. The van der Waals surface area contributed by atoms with Crippen LogP contribution in [0.4, 0.5) is 0 Å². The average Bonchev–Trinajstić information content (AvgIpc) is 1.82. The van der Waals surface area contributed by atoms with Crippen LogP contribution in [-0.4, -0.2) is 183 Å². The van der Waals surface area contributed by atoms with Crippen LogP contribution in [0.2, 0.25) is 10.0 Å². The summed E-state index contributed by atoms with van der Waals surface area (Å²) in [6.45, 7) is 19.1. The van der Waals surface area contributed by atoms with Crippen LogP contribution in [0.15, 0.2) is 170 Å². The number of likely N-dealkylation sites (tertiary alicyclic amines) is 1. The van der Waals surface area contributed by atoms with Crippen LogP contribution >= 0.6 is 23.2 Å². The highest BCUT2D eigenvalue weighted by Crippen LogP contribution is 2.36. The summed E-state index contributed by atoms with van der Waals surface area (Å²) >= 11 is 12.0. The fourth-order valence-electron chi connectivity index (χ4n) is 18.2. The van der Waals surface area contributed by atoms with Gasteiger partial charge in [-0.1, -0.05) is 173 Å². The van der Waals surface area contributed by atoms with Crippen LogP contribution in [0.25, 0.3) is 27.6 Å².